The van der Waals surface area contributed by atoms with Crippen LogP contribution in [0.2, 0.25) is 0 Å². The van der Waals surface area contributed by atoms with E-state index < -0.39 is 12.4 Å². The summed E-state index contributed by atoms with van der Waals surface area (Å²) in [5.74, 6) is -0.0384. The fourth-order valence-electron chi connectivity index (χ4n) is 4.08. The molecule has 2 N–H and O–H groups in total. The molecule has 0 aromatic heterocycles. The van der Waals surface area contributed by atoms with Crippen LogP contribution in [0.25, 0.3) is 0 Å². The second kappa shape index (κ2) is 12.4. The highest BCUT2D eigenvalue weighted by Crippen LogP contribution is 2.28. The quantitative estimate of drug-likeness (QED) is 0.305. The van der Waals surface area contributed by atoms with Crippen LogP contribution < -0.4 is 15.4 Å². The van der Waals surface area contributed by atoms with Crippen molar-refractivity contribution in [3.05, 3.63) is 29.6 Å². The van der Waals surface area contributed by atoms with Crippen molar-refractivity contribution >= 4 is 35.8 Å². The first-order chi connectivity index (χ1) is 14.5. The smallest absolute Gasteiger partial charge is 0.387 e. The van der Waals surface area contributed by atoms with Gasteiger partial charge in [-0.3, -0.25) is 4.79 Å². The molecule has 1 atom stereocenters. The van der Waals surface area contributed by atoms with E-state index >= 15 is 0 Å². The molecular weight excluding hydrogens is 524 g/mol. The molecule has 10 heteroatoms. The lowest BCUT2D eigenvalue weighted by Gasteiger charge is -2.21. The van der Waals surface area contributed by atoms with Crippen molar-refractivity contribution in [2.75, 3.05) is 19.6 Å². The van der Waals surface area contributed by atoms with Gasteiger partial charge in [0.05, 0.1) is 12.1 Å². The predicted molar refractivity (Wildman–Crippen MR) is 123 cm³/mol. The van der Waals surface area contributed by atoms with E-state index in [1.165, 1.54) is 18.2 Å². The Morgan fingerprint density at radius 3 is 2.71 bits per heavy atom. The number of hydrogen-bond acceptors (Lipinski definition) is 3. The molecule has 174 valence electrons. The summed E-state index contributed by atoms with van der Waals surface area (Å²) in [6.45, 7) is 0.590. The van der Waals surface area contributed by atoms with Gasteiger partial charge in [0.15, 0.2) is 5.96 Å². The number of halogens is 4. The Morgan fingerprint density at radius 2 is 2.03 bits per heavy atom. The van der Waals surface area contributed by atoms with Crippen molar-refractivity contribution in [2.24, 2.45) is 10.9 Å². The lowest BCUT2D eigenvalue weighted by molar-refractivity contribution is -0.134. The minimum atomic E-state index is -3.04. The Labute approximate surface area is 198 Å². The van der Waals surface area contributed by atoms with Gasteiger partial charge in [-0.05, 0) is 38.3 Å². The monoisotopic (exact) mass is 554 g/mol. The van der Waals surface area contributed by atoms with Crippen LogP contribution in [0, 0.1) is 11.7 Å². The number of aliphatic imine (C=N–C) groups is 1. The fourth-order valence-corrected chi connectivity index (χ4v) is 4.08. The summed E-state index contributed by atoms with van der Waals surface area (Å²) in [7, 11) is 0. The largest absolute Gasteiger partial charge is 0.434 e. The van der Waals surface area contributed by atoms with Gasteiger partial charge >= 0.3 is 6.61 Å². The highest BCUT2D eigenvalue weighted by Gasteiger charge is 2.32. The Hall–Kier alpha value is -1.72. The van der Waals surface area contributed by atoms with Crippen LogP contribution in [0.4, 0.5) is 13.2 Å². The highest BCUT2D eigenvalue weighted by molar-refractivity contribution is 14.0. The van der Waals surface area contributed by atoms with Gasteiger partial charge in [-0.1, -0.05) is 18.9 Å². The summed E-state index contributed by atoms with van der Waals surface area (Å²) in [5, 5.41) is 6.36. The SMILES string of the molecule is CCNC(=NCc1c(F)cccc1OC(F)F)NC1CCN(C(=O)C2CCCC2)C1.I. The summed E-state index contributed by atoms with van der Waals surface area (Å²) in [4.78, 5) is 18.9. The van der Waals surface area contributed by atoms with Gasteiger partial charge in [0, 0.05) is 31.6 Å². The van der Waals surface area contributed by atoms with Gasteiger partial charge in [-0.15, -0.1) is 24.0 Å². The zero-order chi connectivity index (χ0) is 21.5. The average Bonchev–Trinajstić information content (AvgIpc) is 3.39. The molecule has 3 rings (SSSR count). The van der Waals surface area contributed by atoms with Crippen LogP contribution in [0.5, 0.6) is 5.75 Å². The number of hydrogen-bond donors (Lipinski definition) is 2. The van der Waals surface area contributed by atoms with Crippen molar-refractivity contribution in [3.63, 3.8) is 0 Å². The van der Waals surface area contributed by atoms with Crippen molar-refractivity contribution in [1.82, 2.24) is 15.5 Å². The van der Waals surface area contributed by atoms with Gasteiger partial charge in [0.2, 0.25) is 5.91 Å². The number of nitrogens with zero attached hydrogens (tertiary/aromatic N) is 2. The van der Waals surface area contributed by atoms with E-state index in [4.69, 9.17) is 0 Å². The van der Waals surface area contributed by atoms with Crippen LogP contribution in [0.1, 0.15) is 44.6 Å². The molecule has 1 saturated carbocycles. The van der Waals surface area contributed by atoms with Gasteiger partial charge < -0.3 is 20.3 Å². The first-order valence-electron chi connectivity index (χ1n) is 10.5. The number of amides is 1. The third kappa shape index (κ3) is 7.15. The number of guanidine groups is 1. The molecule has 0 bridgehead atoms. The molecule has 1 aliphatic heterocycles. The Balaban J connectivity index is 0.00000341. The molecule has 31 heavy (non-hydrogen) atoms. The second-order valence-corrected chi connectivity index (χ2v) is 7.69. The maximum absolute atomic E-state index is 14.2. The summed E-state index contributed by atoms with van der Waals surface area (Å²) >= 11 is 0. The van der Waals surface area contributed by atoms with E-state index in [0.717, 1.165) is 32.1 Å². The summed E-state index contributed by atoms with van der Waals surface area (Å²) in [5.41, 5.74) is -0.0283. The maximum Gasteiger partial charge on any atom is 0.387 e. The summed E-state index contributed by atoms with van der Waals surface area (Å²) < 4.78 is 43.8. The molecule has 0 spiro atoms. The number of carbonyl (C=O) groups is 1. The van der Waals surface area contributed by atoms with Crippen molar-refractivity contribution in [2.45, 2.75) is 58.2 Å². The Morgan fingerprint density at radius 1 is 1.29 bits per heavy atom. The molecule has 2 fully saturated rings. The van der Waals surface area contributed by atoms with Crippen molar-refractivity contribution in [1.29, 1.82) is 0 Å². The first kappa shape index (κ1) is 25.5. The molecule has 1 unspecified atom stereocenters. The zero-order valence-corrected chi connectivity index (χ0v) is 19.9. The topological polar surface area (TPSA) is 66.0 Å². The predicted octanol–water partition coefficient (Wildman–Crippen LogP) is 3.89. The molecule has 1 aromatic rings. The van der Waals surface area contributed by atoms with E-state index in [1.54, 1.807) is 0 Å². The van der Waals surface area contributed by atoms with E-state index in [9.17, 15) is 18.0 Å². The molecular formula is C21H30F3IN4O2. The van der Waals surface area contributed by atoms with E-state index in [0.29, 0.717) is 25.6 Å². The Kier molecular flexibility index (Phi) is 10.2. The minimum Gasteiger partial charge on any atom is -0.434 e. The number of ether oxygens (including phenoxy) is 1. The van der Waals surface area contributed by atoms with Crippen molar-refractivity contribution < 1.29 is 22.7 Å². The highest BCUT2D eigenvalue weighted by atomic mass is 127. The first-order valence-corrected chi connectivity index (χ1v) is 10.5. The molecule has 0 radical (unpaired) electrons. The van der Waals surface area contributed by atoms with E-state index in [1.807, 2.05) is 11.8 Å². The number of nitrogens with one attached hydrogen (secondary N) is 2. The number of alkyl halides is 2. The average molecular weight is 554 g/mol. The maximum atomic E-state index is 14.2. The third-order valence-corrected chi connectivity index (χ3v) is 5.58. The third-order valence-electron chi connectivity index (χ3n) is 5.58. The van der Waals surface area contributed by atoms with Crippen molar-refractivity contribution in [3.8, 4) is 5.75 Å². The second-order valence-electron chi connectivity index (χ2n) is 7.69. The van der Waals surface area contributed by atoms with E-state index in [-0.39, 0.29) is 59.7 Å². The van der Waals surface area contributed by atoms with Gasteiger partial charge in [0.25, 0.3) is 0 Å². The molecule has 6 nitrogen and oxygen atoms in total. The molecule has 1 heterocycles. The lowest BCUT2D eigenvalue weighted by atomic mass is 10.1. The molecule has 1 aromatic carbocycles. The van der Waals surface area contributed by atoms with Crippen LogP contribution in [0.3, 0.4) is 0 Å². The van der Waals surface area contributed by atoms with Crippen LogP contribution in [0.15, 0.2) is 23.2 Å². The van der Waals surface area contributed by atoms with Gasteiger partial charge in [0.1, 0.15) is 11.6 Å². The lowest BCUT2D eigenvalue weighted by Crippen LogP contribution is -2.45. The fraction of sp³-hybridized carbons (Fsp3) is 0.619. The standard InChI is InChI=1S/C21H29F3N4O2.HI/c1-2-25-21(26-12-16-17(22)8-5-9-18(16)30-20(23)24)27-15-10-11-28(13-15)19(29)14-6-3-4-7-14;/h5,8-9,14-15,20H,2-4,6-7,10-13H2,1H3,(H2,25,26,27);1H. The number of rotatable bonds is 7. The Bertz CT molecular complexity index is 760. The summed E-state index contributed by atoms with van der Waals surface area (Å²) in [6, 6.07) is 3.83. The number of carbonyl (C=O) groups excluding carboxylic acids is 1. The van der Waals surface area contributed by atoms with Crippen LogP contribution in [-0.4, -0.2) is 49.1 Å². The molecule has 1 saturated heterocycles. The summed E-state index contributed by atoms with van der Waals surface area (Å²) in [6.07, 6.45) is 4.99. The molecule has 2 aliphatic rings. The normalized spacial score (nSPS) is 19.5. The minimum absolute atomic E-state index is 0. The van der Waals surface area contributed by atoms with Gasteiger partial charge in [-0.25, -0.2) is 9.38 Å². The number of likely N-dealkylation sites (tertiary alicyclic amines) is 1. The van der Waals surface area contributed by atoms with Crippen LogP contribution >= 0.6 is 24.0 Å². The molecule has 1 aliphatic carbocycles. The molecule has 1 amide bonds. The van der Waals surface area contributed by atoms with E-state index in [2.05, 4.69) is 20.4 Å². The number of benzene rings is 1. The van der Waals surface area contributed by atoms with Gasteiger partial charge in [-0.2, -0.15) is 8.78 Å². The van der Waals surface area contributed by atoms with Crippen LogP contribution in [-0.2, 0) is 11.3 Å². The zero-order valence-electron chi connectivity index (χ0n) is 17.6.